The lowest BCUT2D eigenvalue weighted by Crippen LogP contribution is -2.28. The molecule has 0 spiro atoms. The van der Waals surface area contributed by atoms with E-state index in [1.807, 2.05) is 30.3 Å². The lowest BCUT2D eigenvalue weighted by atomic mass is 10.2. The summed E-state index contributed by atoms with van der Waals surface area (Å²) < 4.78 is 5.20. The van der Waals surface area contributed by atoms with Crippen LogP contribution in [0.2, 0.25) is 0 Å². The highest BCUT2D eigenvalue weighted by atomic mass is 79.9. The summed E-state index contributed by atoms with van der Waals surface area (Å²) in [5, 5.41) is 0.972. The van der Waals surface area contributed by atoms with E-state index in [2.05, 4.69) is 15.9 Å². The highest BCUT2D eigenvalue weighted by Crippen LogP contribution is 2.03. The lowest BCUT2D eigenvalue weighted by molar-refractivity contribution is 0.104. The van der Waals surface area contributed by atoms with Crippen molar-refractivity contribution in [1.82, 2.24) is 4.90 Å². The maximum absolute atomic E-state index is 11.6. The van der Waals surface area contributed by atoms with E-state index < -0.39 is 0 Å². The number of rotatable bonds is 6. The molecule has 0 aliphatic rings. The van der Waals surface area contributed by atoms with Gasteiger partial charge >= 0.3 is 6.09 Å². The summed E-state index contributed by atoms with van der Waals surface area (Å²) >= 11 is 3.36. The summed E-state index contributed by atoms with van der Waals surface area (Å²) in [6.45, 7) is 1.07. The van der Waals surface area contributed by atoms with Crippen LogP contribution in [0.4, 0.5) is 4.79 Å². The minimum absolute atomic E-state index is 0.261. The van der Waals surface area contributed by atoms with Gasteiger partial charge in [0.1, 0.15) is 6.61 Å². The summed E-state index contributed by atoms with van der Waals surface area (Å²) in [7, 11) is 1.77. The second-order valence-electron chi connectivity index (χ2n) is 3.86. The molecule has 3 nitrogen and oxygen atoms in total. The van der Waals surface area contributed by atoms with Crippen LogP contribution in [0, 0.1) is 0 Å². The third-order valence-electron chi connectivity index (χ3n) is 2.39. The fourth-order valence-electron chi connectivity index (χ4n) is 1.36. The van der Waals surface area contributed by atoms with Crippen LogP contribution in [0.15, 0.2) is 30.3 Å². The molecule has 0 radical (unpaired) electrons. The number of alkyl halides is 1. The lowest BCUT2D eigenvalue weighted by Gasteiger charge is -2.16. The monoisotopic (exact) mass is 299 g/mol. The van der Waals surface area contributed by atoms with E-state index in [4.69, 9.17) is 4.74 Å². The quantitative estimate of drug-likeness (QED) is 0.595. The molecule has 0 bridgehead atoms. The Kier molecular flexibility index (Phi) is 6.70. The Morgan fingerprint density at radius 1 is 1.29 bits per heavy atom. The number of carbonyl (C=O) groups is 1. The molecule has 0 aliphatic carbocycles. The molecule has 0 N–H and O–H groups in total. The molecule has 0 saturated carbocycles. The fraction of sp³-hybridized carbons (Fsp3) is 0.462. The van der Waals surface area contributed by atoms with Crippen molar-refractivity contribution in [2.75, 3.05) is 18.9 Å². The zero-order chi connectivity index (χ0) is 12.5. The van der Waals surface area contributed by atoms with Crippen LogP contribution in [0.1, 0.15) is 18.4 Å². The summed E-state index contributed by atoms with van der Waals surface area (Å²) in [6.07, 6.45) is 1.79. The first kappa shape index (κ1) is 14.0. The zero-order valence-corrected chi connectivity index (χ0v) is 11.6. The van der Waals surface area contributed by atoms with Crippen molar-refractivity contribution in [1.29, 1.82) is 0 Å². The molecule has 1 aromatic rings. The molecule has 1 rings (SSSR count). The van der Waals surface area contributed by atoms with Gasteiger partial charge in [-0.2, -0.15) is 0 Å². The third-order valence-corrected chi connectivity index (χ3v) is 2.95. The van der Waals surface area contributed by atoms with Crippen molar-refractivity contribution in [2.24, 2.45) is 0 Å². The highest BCUT2D eigenvalue weighted by molar-refractivity contribution is 9.09. The fourth-order valence-corrected chi connectivity index (χ4v) is 1.76. The average molecular weight is 300 g/mol. The Balaban J connectivity index is 2.24. The van der Waals surface area contributed by atoms with Gasteiger partial charge in [-0.05, 0) is 18.4 Å². The normalized spacial score (nSPS) is 10.0. The van der Waals surface area contributed by atoms with Crippen molar-refractivity contribution in [3.8, 4) is 0 Å². The first-order chi connectivity index (χ1) is 8.24. The summed E-state index contributed by atoms with van der Waals surface area (Å²) in [5.41, 5.74) is 1.01. The van der Waals surface area contributed by atoms with Crippen LogP contribution in [0.25, 0.3) is 0 Å². The predicted molar refractivity (Wildman–Crippen MR) is 72.3 cm³/mol. The smallest absolute Gasteiger partial charge is 0.409 e. The van der Waals surface area contributed by atoms with E-state index in [0.29, 0.717) is 6.61 Å². The van der Waals surface area contributed by atoms with Gasteiger partial charge in [0.2, 0.25) is 0 Å². The van der Waals surface area contributed by atoms with E-state index in [1.165, 1.54) is 0 Å². The zero-order valence-electron chi connectivity index (χ0n) is 10.1. The van der Waals surface area contributed by atoms with E-state index in [0.717, 1.165) is 30.3 Å². The number of unbranched alkanes of at least 4 members (excludes halogenated alkanes) is 1. The third kappa shape index (κ3) is 5.73. The van der Waals surface area contributed by atoms with Gasteiger partial charge < -0.3 is 9.64 Å². The molecule has 0 heterocycles. The van der Waals surface area contributed by atoms with Crippen molar-refractivity contribution in [2.45, 2.75) is 19.4 Å². The second-order valence-corrected chi connectivity index (χ2v) is 4.65. The summed E-state index contributed by atoms with van der Waals surface area (Å²) in [5.74, 6) is 0. The molecule has 0 fully saturated rings. The summed E-state index contributed by atoms with van der Waals surface area (Å²) in [6, 6.07) is 9.69. The predicted octanol–water partition coefficient (Wildman–Crippen LogP) is 3.43. The van der Waals surface area contributed by atoms with E-state index in [9.17, 15) is 4.79 Å². The van der Waals surface area contributed by atoms with Crippen LogP contribution >= 0.6 is 15.9 Å². The van der Waals surface area contributed by atoms with E-state index in [1.54, 1.807) is 11.9 Å². The van der Waals surface area contributed by atoms with Crippen molar-refractivity contribution < 1.29 is 9.53 Å². The highest BCUT2D eigenvalue weighted by Gasteiger charge is 2.09. The summed E-state index contributed by atoms with van der Waals surface area (Å²) in [4.78, 5) is 13.2. The molecule has 1 aromatic carbocycles. The molecule has 94 valence electrons. The Morgan fingerprint density at radius 2 is 2.00 bits per heavy atom. The molecule has 17 heavy (non-hydrogen) atoms. The van der Waals surface area contributed by atoms with Gasteiger partial charge in [-0.1, -0.05) is 46.3 Å². The number of amides is 1. The maximum atomic E-state index is 11.6. The van der Waals surface area contributed by atoms with Crippen molar-refractivity contribution in [3.05, 3.63) is 35.9 Å². The molecular formula is C13H18BrNO2. The van der Waals surface area contributed by atoms with Gasteiger partial charge in [0.25, 0.3) is 0 Å². The number of hydrogen-bond donors (Lipinski definition) is 0. The Hall–Kier alpha value is -1.03. The molecule has 4 heteroatoms. The first-order valence-electron chi connectivity index (χ1n) is 5.72. The van der Waals surface area contributed by atoms with E-state index >= 15 is 0 Å². The number of halogens is 1. The molecule has 0 aliphatic heterocycles. The van der Waals surface area contributed by atoms with Gasteiger partial charge in [-0.15, -0.1) is 0 Å². The van der Waals surface area contributed by atoms with Crippen LogP contribution in [0.5, 0.6) is 0 Å². The number of nitrogens with zero attached hydrogens (tertiary/aromatic N) is 1. The second kappa shape index (κ2) is 8.12. The van der Waals surface area contributed by atoms with Gasteiger partial charge in [-0.3, -0.25) is 0 Å². The minimum atomic E-state index is -0.261. The Bertz CT molecular complexity index is 329. The standard InChI is InChI=1S/C13H18BrNO2/c1-15(10-6-5-9-14)13(16)17-11-12-7-3-2-4-8-12/h2-4,7-8H,5-6,9-11H2,1H3. The molecule has 0 saturated heterocycles. The molecule has 0 atom stereocenters. The Morgan fingerprint density at radius 3 is 2.65 bits per heavy atom. The van der Waals surface area contributed by atoms with Crippen molar-refractivity contribution >= 4 is 22.0 Å². The number of ether oxygens (including phenoxy) is 1. The molecular weight excluding hydrogens is 282 g/mol. The van der Waals surface area contributed by atoms with Gasteiger partial charge in [0.05, 0.1) is 0 Å². The minimum Gasteiger partial charge on any atom is -0.445 e. The number of benzene rings is 1. The van der Waals surface area contributed by atoms with Crippen LogP contribution < -0.4 is 0 Å². The van der Waals surface area contributed by atoms with Crippen LogP contribution in [-0.2, 0) is 11.3 Å². The number of hydrogen-bond acceptors (Lipinski definition) is 2. The SMILES string of the molecule is CN(CCCCBr)C(=O)OCc1ccccc1. The van der Waals surface area contributed by atoms with Gasteiger partial charge in [0.15, 0.2) is 0 Å². The van der Waals surface area contributed by atoms with Crippen LogP contribution in [-0.4, -0.2) is 29.9 Å². The first-order valence-corrected chi connectivity index (χ1v) is 6.84. The topological polar surface area (TPSA) is 29.5 Å². The van der Waals surface area contributed by atoms with Gasteiger partial charge in [-0.25, -0.2) is 4.79 Å². The van der Waals surface area contributed by atoms with Crippen molar-refractivity contribution in [3.63, 3.8) is 0 Å². The average Bonchev–Trinajstić information content (AvgIpc) is 2.37. The molecule has 0 unspecified atom stereocenters. The van der Waals surface area contributed by atoms with Crippen LogP contribution in [0.3, 0.4) is 0 Å². The number of carbonyl (C=O) groups excluding carboxylic acids is 1. The Labute approximate surface area is 111 Å². The maximum Gasteiger partial charge on any atom is 0.409 e. The van der Waals surface area contributed by atoms with Gasteiger partial charge in [0, 0.05) is 18.9 Å². The molecule has 0 aromatic heterocycles. The molecule has 1 amide bonds. The van der Waals surface area contributed by atoms with E-state index in [-0.39, 0.29) is 6.09 Å². The largest absolute Gasteiger partial charge is 0.445 e.